The molecule has 1 aliphatic heterocycles. The minimum Gasteiger partial charge on any atom is -0.448 e. The van der Waals surface area contributed by atoms with Gasteiger partial charge in [-0.1, -0.05) is 0 Å². The number of aromatic nitrogens is 5. The van der Waals surface area contributed by atoms with E-state index in [0.717, 1.165) is 37.0 Å². The van der Waals surface area contributed by atoms with Crippen LogP contribution in [-0.2, 0) is 6.54 Å². The van der Waals surface area contributed by atoms with E-state index in [1.165, 1.54) is 0 Å². The molecular weight excluding hydrogens is 270 g/mol. The molecule has 8 nitrogen and oxygen atoms in total. The first-order chi connectivity index (χ1) is 10.3. The summed E-state index contributed by atoms with van der Waals surface area (Å²) in [7, 11) is 2.09. The van der Waals surface area contributed by atoms with Gasteiger partial charge in [-0.05, 0) is 19.2 Å². The average Bonchev–Trinajstić information content (AvgIpc) is 3.07. The first kappa shape index (κ1) is 12.3. The molecule has 3 aromatic rings. The summed E-state index contributed by atoms with van der Waals surface area (Å²) >= 11 is 0. The number of hydrogen-bond donors (Lipinski definition) is 0. The highest BCUT2D eigenvalue weighted by atomic mass is 16.3. The average molecular weight is 285 g/mol. The van der Waals surface area contributed by atoms with Crippen LogP contribution in [0.3, 0.4) is 0 Å². The van der Waals surface area contributed by atoms with Crippen LogP contribution < -0.4 is 4.90 Å². The smallest absolute Gasteiger partial charge is 0.208 e. The lowest BCUT2D eigenvalue weighted by atomic mass is 10.1. The molecule has 108 valence electrons. The normalized spacial score (nSPS) is 15.8. The molecule has 0 aromatic carbocycles. The van der Waals surface area contributed by atoms with Gasteiger partial charge in [-0.15, -0.1) is 15.3 Å². The maximum atomic E-state index is 5.28. The minimum absolute atomic E-state index is 0.482. The Kier molecular flexibility index (Phi) is 2.81. The number of hydrogen-bond acceptors (Lipinski definition) is 7. The van der Waals surface area contributed by atoms with Gasteiger partial charge in [-0.2, -0.15) is 4.52 Å². The van der Waals surface area contributed by atoms with Gasteiger partial charge in [0.15, 0.2) is 5.65 Å². The maximum Gasteiger partial charge on any atom is 0.208 e. The van der Waals surface area contributed by atoms with E-state index in [9.17, 15) is 0 Å². The van der Waals surface area contributed by atoms with E-state index in [2.05, 4.69) is 37.1 Å². The highest BCUT2D eigenvalue weighted by Crippen LogP contribution is 2.22. The van der Waals surface area contributed by atoms with E-state index < -0.39 is 0 Å². The number of likely N-dealkylation sites (N-methyl/N-ethyl adjacent to an activating group) is 1. The SMILES string of the molecule is CN(Cc1ncco1)C1CN(c2ccc3nncn3n2)C1. The molecule has 4 heterocycles. The maximum absolute atomic E-state index is 5.28. The van der Waals surface area contributed by atoms with Gasteiger partial charge in [0, 0.05) is 19.1 Å². The summed E-state index contributed by atoms with van der Waals surface area (Å²) in [5.41, 5.74) is 0.761. The van der Waals surface area contributed by atoms with E-state index >= 15 is 0 Å². The van der Waals surface area contributed by atoms with E-state index in [4.69, 9.17) is 4.42 Å². The molecule has 4 rings (SSSR count). The molecule has 0 radical (unpaired) electrons. The van der Waals surface area contributed by atoms with Gasteiger partial charge in [0.2, 0.25) is 5.89 Å². The fraction of sp³-hybridized carbons (Fsp3) is 0.385. The van der Waals surface area contributed by atoms with Gasteiger partial charge in [0.1, 0.15) is 18.4 Å². The van der Waals surface area contributed by atoms with Crippen molar-refractivity contribution in [1.82, 2.24) is 29.7 Å². The lowest BCUT2D eigenvalue weighted by molar-refractivity contribution is 0.180. The fourth-order valence-corrected chi connectivity index (χ4v) is 2.48. The second-order valence-electron chi connectivity index (χ2n) is 5.23. The highest BCUT2D eigenvalue weighted by molar-refractivity contribution is 5.47. The quantitative estimate of drug-likeness (QED) is 0.688. The molecule has 0 atom stereocenters. The summed E-state index contributed by atoms with van der Waals surface area (Å²) in [6, 6.07) is 4.39. The molecule has 1 saturated heterocycles. The third kappa shape index (κ3) is 2.23. The Labute approximate surface area is 121 Å². The molecule has 8 heteroatoms. The summed E-state index contributed by atoms with van der Waals surface area (Å²) in [6.45, 7) is 2.61. The second-order valence-corrected chi connectivity index (χ2v) is 5.23. The van der Waals surface area contributed by atoms with Gasteiger partial charge in [-0.3, -0.25) is 4.90 Å². The van der Waals surface area contributed by atoms with Crippen molar-refractivity contribution >= 4 is 11.5 Å². The Bertz CT molecular complexity index is 732. The van der Waals surface area contributed by atoms with Crippen molar-refractivity contribution < 1.29 is 4.42 Å². The molecule has 1 fully saturated rings. The molecule has 0 spiro atoms. The van der Waals surface area contributed by atoms with Gasteiger partial charge >= 0.3 is 0 Å². The monoisotopic (exact) mass is 285 g/mol. The van der Waals surface area contributed by atoms with E-state index in [0.29, 0.717) is 6.04 Å². The van der Waals surface area contributed by atoms with Crippen molar-refractivity contribution in [3.8, 4) is 0 Å². The van der Waals surface area contributed by atoms with Crippen molar-refractivity contribution in [1.29, 1.82) is 0 Å². The van der Waals surface area contributed by atoms with Crippen molar-refractivity contribution in [2.45, 2.75) is 12.6 Å². The highest BCUT2D eigenvalue weighted by Gasteiger charge is 2.31. The summed E-state index contributed by atoms with van der Waals surface area (Å²) in [6.07, 6.45) is 4.90. The van der Waals surface area contributed by atoms with Gasteiger partial charge in [0.25, 0.3) is 0 Å². The Balaban J connectivity index is 1.39. The lowest BCUT2D eigenvalue weighted by Gasteiger charge is -2.44. The van der Waals surface area contributed by atoms with Gasteiger partial charge in [0.05, 0.1) is 12.7 Å². The molecule has 0 saturated carbocycles. The second kappa shape index (κ2) is 4.81. The van der Waals surface area contributed by atoms with Crippen LogP contribution in [0.4, 0.5) is 5.82 Å². The van der Waals surface area contributed by atoms with Crippen molar-refractivity contribution in [3.05, 3.63) is 36.8 Å². The third-order valence-electron chi connectivity index (χ3n) is 3.83. The van der Waals surface area contributed by atoms with Gasteiger partial charge < -0.3 is 9.32 Å². The predicted octanol–water partition coefficient (Wildman–Crippen LogP) is 0.433. The Morgan fingerprint density at radius 2 is 2.29 bits per heavy atom. The number of fused-ring (bicyclic) bond motifs is 1. The van der Waals surface area contributed by atoms with Crippen molar-refractivity contribution in [2.75, 3.05) is 25.0 Å². The Morgan fingerprint density at radius 3 is 3.10 bits per heavy atom. The zero-order chi connectivity index (χ0) is 14.2. The molecule has 0 unspecified atom stereocenters. The third-order valence-corrected chi connectivity index (χ3v) is 3.83. The Hall–Kier alpha value is -2.48. The fourth-order valence-electron chi connectivity index (χ4n) is 2.48. The largest absolute Gasteiger partial charge is 0.448 e. The Morgan fingerprint density at radius 1 is 1.38 bits per heavy atom. The van der Waals surface area contributed by atoms with Crippen LogP contribution in [-0.4, -0.2) is 55.9 Å². The molecule has 0 N–H and O–H groups in total. The van der Waals surface area contributed by atoms with Crippen LogP contribution in [0.2, 0.25) is 0 Å². The van der Waals surface area contributed by atoms with E-state index in [1.54, 1.807) is 23.3 Å². The lowest BCUT2D eigenvalue weighted by Crippen LogP contribution is -2.58. The topological polar surface area (TPSA) is 75.6 Å². The molecule has 0 aliphatic carbocycles. The van der Waals surface area contributed by atoms with E-state index in [-0.39, 0.29) is 0 Å². The zero-order valence-electron chi connectivity index (χ0n) is 11.6. The number of nitrogens with zero attached hydrogens (tertiary/aromatic N) is 7. The van der Waals surface area contributed by atoms with Crippen LogP contribution in [0.25, 0.3) is 5.65 Å². The molecule has 21 heavy (non-hydrogen) atoms. The van der Waals surface area contributed by atoms with Crippen molar-refractivity contribution in [3.63, 3.8) is 0 Å². The zero-order valence-corrected chi connectivity index (χ0v) is 11.6. The molecule has 0 amide bonds. The molecule has 1 aliphatic rings. The predicted molar refractivity (Wildman–Crippen MR) is 74.8 cm³/mol. The minimum atomic E-state index is 0.482. The van der Waals surface area contributed by atoms with Gasteiger partial charge in [-0.25, -0.2) is 4.98 Å². The number of anilines is 1. The van der Waals surface area contributed by atoms with Crippen molar-refractivity contribution in [2.24, 2.45) is 0 Å². The van der Waals surface area contributed by atoms with Crippen LogP contribution in [0.5, 0.6) is 0 Å². The molecular formula is C13H15N7O. The first-order valence-electron chi connectivity index (χ1n) is 6.80. The summed E-state index contributed by atoms with van der Waals surface area (Å²) in [4.78, 5) is 8.63. The summed E-state index contributed by atoms with van der Waals surface area (Å²) in [5, 5.41) is 12.3. The standard InChI is InChI=1S/C13H15N7O/c1-18(8-13-14-4-5-21-13)10-6-19(7-10)12-3-2-11-16-15-9-20(11)17-12/h2-5,9-10H,6-8H2,1H3. The van der Waals surface area contributed by atoms with Crippen LogP contribution in [0.1, 0.15) is 5.89 Å². The number of rotatable bonds is 4. The van der Waals surface area contributed by atoms with E-state index in [1.807, 2.05) is 12.1 Å². The van der Waals surface area contributed by atoms with Crippen LogP contribution >= 0.6 is 0 Å². The first-order valence-corrected chi connectivity index (χ1v) is 6.80. The van der Waals surface area contributed by atoms with Crippen LogP contribution in [0.15, 0.2) is 35.3 Å². The molecule has 3 aromatic heterocycles. The number of oxazole rings is 1. The van der Waals surface area contributed by atoms with Crippen LogP contribution in [0, 0.1) is 0 Å². The molecule has 0 bridgehead atoms. The summed E-state index contributed by atoms with van der Waals surface area (Å²) < 4.78 is 6.97. The summed E-state index contributed by atoms with van der Waals surface area (Å²) in [5.74, 6) is 1.70.